The molecule has 6 nitrogen and oxygen atoms in total. The molecule has 0 aliphatic heterocycles. The number of ether oxygens (including phenoxy) is 1. The van der Waals surface area contributed by atoms with Crippen molar-refractivity contribution in [3.8, 4) is 0 Å². The molecule has 0 heterocycles. The average Bonchev–Trinajstić information content (AvgIpc) is 3.48. The highest BCUT2D eigenvalue weighted by atomic mass is 16.5. The second kappa shape index (κ2) is 72.1. The Hall–Kier alpha value is -1.40. The SMILES string of the molecule is CCCCCC/C=C\CCCCCCCC(=O)OCCCCCCCCCCCCCCCCCCCCCCCCCCCCCC(=O)NC(CO)C(O)CCCCCCCCCCCCCCCCCCCCCCCCCCC. The third kappa shape index (κ3) is 67.7. The highest BCUT2D eigenvalue weighted by molar-refractivity contribution is 5.76. The predicted molar refractivity (Wildman–Crippen MR) is 361 cm³/mol. The molecule has 2 atom stereocenters. The minimum Gasteiger partial charge on any atom is -0.466 e. The standard InChI is InChI=1S/C76H149NO5/c1-3-5-7-9-11-13-15-17-18-19-20-21-22-26-29-32-35-38-41-45-48-52-56-60-64-68-74(79)73(72-78)77-75(80)69-65-61-57-53-49-46-42-39-36-33-30-27-24-23-25-28-31-34-37-40-43-47-51-55-59-63-67-71-82-76(81)70-66-62-58-54-50-44-16-14-12-10-8-6-4-2/h14,16,73-74,78-79H,3-13,15,17-72H2,1-2H3,(H,77,80)/b16-14-. The number of aliphatic hydroxyl groups excluding tert-OH is 2. The van der Waals surface area contributed by atoms with Gasteiger partial charge in [0.15, 0.2) is 0 Å². The van der Waals surface area contributed by atoms with Gasteiger partial charge in [-0.2, -0.15) is 0 Å². The summed E-state index contributed by atoms with van der Waals surface area (Å²) in [5.41, 5.74) is 0. The molecule has 6 heteroatoms. The zero-order valence-electron chi connectivity index (χ0n) is 56.0. The first kappa shape index (κ1) is 80.6. The van der Waals surface area contributed by atoms with Gasteiger partial charge in [0.2, 0.25) is 5.91 Å². The molecule has 0 fully saturated rings. The number of carbonyl (C=O) groups is 2. The number of carbonyl (C=O) groups excluding carboxylic acids is 2. The fourth-order valence-electron chi connectivity index (χ4n) is 12.3. The topological polar surface area (TPSA) is 95.9 Å². The fourth-order valence-corrected chi connectivity index (χ4v) is 12.3. The summed E-state index contributed by atoms with van der Waals surface area (Å²) >= 11 is 0. The zero-order chi connectivity index (χ0) is 59.2. The average molecular weight is 1160 g/mol. The molecule has 0 spiro atoms. The molecular formula is C76H149NO5. The van der Waals surface area contributed by atoms with E-state index in [1.165, 1.54) is 360 Å². The molecule has 0 aromatic carbocycles. The first-order valence-corrected chi connectivity index (χ1v) is 37.9. The maximum Gasteiger partial charge on any atom is 0.305 e. The molecule has 488 valence electrons. The number of nitrogens with one attached hydrogen (secondary N) is 1. The first-order valence-electron chi connectivity index (χ1n) is 37.9. The lowest BCUT2D eigenvalue weighted by molar-refractivity contribution is -0.143. The van der Waals surface area contributed by atoms with Crippen molar-refractivity contribution >= 4 is 11.9 Å². The molecule has 0 saturated carbocycles. The van der Waals surface area contributed by atoms with Crippen LogP contribution in [-0.4, -0.2) is 47.4 Å². The van der Waals surface area contributed by atoms with Crippen LogP contribution in [0.2, 0.25) is 0 Å². The summed E-state index contributed by atoms with van der Waals surface area (Å²) in [6.07, 6.45) is 90.0. The van der Waals surface area contributed by atoms with E-state index in [2.05, 4.69) is 31.3 Å². The van der Waals surface area contributed by atoms with Crippen LogP contribution < -0.4 is 5.32 Å². The zero-order valence-corrected chi connectivity index (χ0v) is 56.0. The number of amides is 1. The van der Waals surface area contributed by atoms with Crippen LogP contribution in [0.5, 0.6) is 0 Å². The van der Waals surface area contributed by atoms with E-state index in [-0.39, 0.29) is 18.5 Å². The van der Waals surface area contributed by atoms with Crippen molar-refractivity contribution < 1.29 is 24.5 Å². The van der Waals surface area contributed by atoms with Gasteiger partial charge in [-0.3, -0.25) is 9.59 Å². The minimum atomic E-state index is -0.663. The van der Waals surface area contributed by atoms with Crippen LogP contribution in [-0.2, 0) is 14.3 Å². The van der Waals surface area contributed by atoms with E-state index < -0.39 is 12.1 Å². The number of allylic oxidation sites excluding steroid dienone is 2. The Labute approximate surface area is 514 Å². The number of esters is 1. The second-order valence-corrected chi connectivity index (χ2v) is 26.3. The molecule has 0 aromatic rings. The first-order chi connectivity index (χ1) is 40.5. The van der Waals surface area contributed by atoms with E-state index in [0.717, 1.165) is 44.9 Å². The molecule has 0 radical (unpaired) electrons. The summed E-state index contributed by atoms with van der Waals surface area (Å²) in [5, 5.41) is 23.5. The summed E-state index contributed by atoms with van der Waals surface area (Å²) in [4.78, 5) is 24.6. The third-order valence-corrected chi connectivity index (χ3v) is 18.1. The van der Waals surface area contributed by atoms with Gasteiger partial charge in [0.05, 0.1) is 25.4 Å². The smallest absolute Gasteiger partial charge is 0.305 e. The van der Waals surface area contributed by atoms with Crippen LogP contribution in [0.25, 0.3) is 0 Å². The van der Waals surface area contributed by atoms with E-state index in [0.29, 0.717) is 25.9 Å². The lowest BCUT2D eigenvalue weighted by Crippen LogP contribution is -2.45. The number of aliphatic hydroxyl groups is 2. The van der Waals surface area contributed by atoms with Gasteiger partial charge in [0.1, 0.15) is 0 Å². The van der Waals surface area contributed by atoms with Crippen LogP contribution in [0.4, 0.5) is 0 Å². The molecule has 82 heavy (non-hydrogen) atoms. The fraction of sp³-hybridized carbons (Fsp3) is 0.947. The summed E-state index contributed by atoms with van der Waals surface area (Å²) in [7, 11) is 0. The van der Waals surface area contributed by atoms with E-state index in [1.54, 1.807) is 0 Å². The van der Waals surface area contributed by atoms with Gasteiger partial charge in [-0.25, -0.2) is 0 Å². The van der Waals surface area contributed by atoms with Crippen molar-refractivity contribution in [2.24, 2.45) is 0 Å². The molecule has 1 amide bonds. The molecular weight excluding hydrogens is 1010 g/mol. The van der Waals surface area contributed by atoms with Gasteiger partial charge in [-0.1, -0.05) is 386 Å². The highest BCUT2D eigenvalue weighted by Crippen LogP contribution is 2.20. The van der Waals surface area contributed by atoms with Gasteiger partial charge < -0.3 is 20.3 Å². The highest BCUT2D eigenvalue weighted by Gasteiger charge is 2.20. The molecule has 0 aliphatic carbocycles. The largest absolute Gasteiger partial charge is 0.466 e. The van der Waals surface area contributed by atoms with Gasteiger partial charge in [0.25, 0.3) is 0 Å². The van der Waals surface area contributed by atoms with Gasteiger partial charge in [-0.15, -0.1) is 0 Å². The van der Waals surface area contributed by atoms with Crippen LogP contribution in [0.3, 0.4) is 0 Å². The third-order valence-electron chi connectivity index (χ3n) is 18.1. The second-order valence-electron chi connectivity index (χ2n) is 26.3. The van der Waals surface area contributed by atoms with Crippen molar-refractivity contribution in [1.82, 2.24) is 5.32 Å². The van der Waals surface area contributed by atoms with E-state index in [4.69, 9.17) is 4.74 Å². The Morgan fingerprint density at radius 2 is 0.573 bits per heavy atom. The molecule has 0 bridgehead atoms. The van der Waals surface area contributed by atoms with Crippen molar-refractivity contribution in [2.75, 3.05) is 13.2 Å². The van der Waals surface area contributed by atoms with Crippen LogP contribution in [0.15, 0.2) is 12.2 Å². The molecule has 0 aromatic heterocycles. The van der Waals surface area contributed by atoms with Crippen molar-refractivity contribution in [1.29, 1.82) is 0 Å². The van der Waals surface area contributed by atoms with E-state index >= 15 is 0 Å². The lowest BCUT2D eigenvalue weighted by atomic mass is 10.0. The lowest BCUT2D eigenvalue weighted by Gasteiger charge is -2.22. The maximum absolute atomic E-state index is 12.6. The van der Waals surface area contributed by atoms with Crippen molar-refractivity contribution in [3.63, 3.8) is 0 Å². The minimum absolute atomic E-state index is 0.0100. The molecule has 2 unspecified atom stereocenters. The number of hydrogen-bond donors (Lipinski definition) is 3. The van der Waals surface area contributed by atoms with Gasteiger partial charge in [0, 0.05) is 12.8 Å². The Morgan fingerprint density at radius 3 is 0.878 bits per heavy atom. The Morgan fingerprint density at radius 1 is 0.329 bits per heavy atom. The maximum atomic E-state index is 12.6. The molecule has 3 N–H and O–H groups in total. The molecule has 0 aliphatic rings. The van der Waals surface area contributed by atoms with Gasteiger partial charge in [-0.05, 0) is 51.4 Å². The summed E-state index contributed by atoms with van der Waals surface area (Å²) in [5.74, 6) is -0.0163. The normalized spacial score (nSPS) is 12.5. The monoisotopic (exact) mass is 1160 g/mol. The Kier molecular flexibility index (Phi) is 70.8. The predicted octanol–water partition coefficient (Wildman–Crippen LogP) is 24.7. The van der Waals surface area contributed by atoms with Gasteiger partial charge >= 0.3 is 5.97 Å². The quantitative estimate of drug-likeness (QED) is 0.0320. The van der Waals surface area contributed by atoms with Crippen molar-refractivity contribution in [2.45, 2.75) is 450 Å². The number of rotatable bonds is 72. The Bertz CT molecular complexity index is 1240. The number of hydrogen-bond acceptors (Lipinski definition) is 5. The van der Waals surface area contributed by atoms with Crippen LogP contribution in [0.1, 0.15) is 438 Å². The van der Waals surface area contributed by atoms with E-state index in [9.17, 15) is 19.8 Å². The van der Waals surface area contributed by atoms with Crippen LogP contribution >= 0.6 is 0 Å². The van der Waals surface area contributed by atoms with Crippen molar-refractivity contribution in [3.05, 3.63) is 12.2 Å². The number of unbranched alkanes of at least 4 members (excludes halogenated alkanes) is 59. The van der Waals surface area contributed by atoms with Crippen LogP contribution in [0, 0.1) is 0 Å². The van der Waals surface area contributed by atoms with E-state index in [1.807, 2.05) is 0 Å². The summed E-state index contributed by atoms with van der Waals surface area (Å²) < 4.78 is 5.48. The molecule has 0 saturated heterocycles. The summed E-state index contributed by atoms with van der Waals surface area (Å²) in [6.45, 7) is 4.99. The summed E-state index contributed by atoms with van der Waals surface area (Å²) in [6, 6.07) is -0.540. The molecule has 0 rings (SSSR count). The Balaban J connectivity index is 3.35.